The third-order valence-electron chi connectivity index (χ3n) is 15.5. The molecule has 12 rings (SSSR count). The van der Waals surface area contributed by atoms with E-state index in [1.54, 1.807) is 10.6 Å². The second kappa shape index (κ2) is 1.10. The normalized spacial score (nSPS) is 87.8. The van der Waals surface area contributed by atoms with Gasteiger partial charge in [-0.1, -0.05) is 0 Å². The molecule has 0 amide bonds. The van der Waals surface area contributed by atoms with Gasteiger partial charge in [0.15, 0.2) is 0 Å². The molecule has 1 spiro atoms. The molecule has 0 saturated carbocycles. The number of hydrogen-bond donors (Lipinski definition) is 0. The third-order valence-corrected chi connectivity index (χ3v) is 59.9. The van der Waals surface area contributed by atoms with E-state index in [4.69, 9.17) is 0 Å². The molecule has 4 atom stereocenters. The summed E-state index contributed by atoms with van der Waals surface area (Å²) >= 11 is 0. The van der Waals surface area contributed by atoms with E-state index in [2.05, 4.69) is 60.7 Å². The average molecular weight is 373 g/mol. The Morgan fingerprint density at radius 2 is 1.00 bits per heavy atom. The van der Waals surface area contributed by atoms with Crippen molar-refractivity contribution in [1.82, 2.24) is 0 Å². The van der Waals surface area contributed by atoms with Crippen LogP contribution in [0.5, 0.6) is 0 Å². The minimum atomic E-state index is -2.85. The Bertz CT molecular complexity index is 1310. The Kier molecular flexibility index (Phi) is 0.453. The molecule has 2 heteroatoms. The first-order valence-electron chi connectivity index (χ1n) is 9.54. The maximum atomic E-state index is 2.50. The molecule has 10 aliphatic heterocycles. The molecule has 10 heterocycles. The quantitative estimate of drug-likeness (QED) is 0.498. The van der Waals surface area contributed by atoms with Gasteiger partial charge in [0.2, 0.25) is 0 Å². The van der Waals surface area contributed by atoms with Gasteiger partial charge in [-0.15, -0.1) is 0 Å². The van der Waals surface area contributed by atoms with Crippen LogP contribution in [0.4, 0.5) is 0 Å². The van der Waals surface area contributed by atoms with Gasteiger partial charge in [-0.25, -0.2) is 0 Å². The Hall–Kier alpha value is -0.636. The summed E-state index contributed by atoms with van der Waals surface area (Å²) in [6.07, 6.45) is -2.85. The minimum absolute atomic E-state index is 0.0739. The molecular formula is C22H19NiP. The van der Waals surface area contributed by atoms with Gasteiger partial charge in [-0.2, -0.15) is 0 Å². The van der Waals surface area contributed by atoms with Crippen LogP contribution in [-0.4, -0.2) is 4.13 Å². The topological polar surface area (TPSA) is 0 Å². The second-order valence-electron chi connectivity index (χ2n) is 11.9. The molecule has 0 N–H and O–H groups in total. The number of hydrogen-bond acceptors (Lipinski definition) is 0. The van der Waals surface area contributed by atoms with Crippen molar-refractivity contribution in [2.75, 3.05) is 0 Å². The molecule has 0 radical (unpaired) electrons. The van der Waals surface area contributed by atoms with Crippen molar-refractivity contribution < 1.29 is 6.23 Å². The fraction of sp³-hybridized carbons (Fsp3) is 0.455. The maximum absolute atomic E-state index is 2.85. The molecule has 4 unspecified atom stereocenters. The fourth-order valence-corrected chi connectivity index (χ4v) is 93.1. The van der Waals surface area contributed by atoms with Crippen LogP contribution in [0.25, 0.3) is 0 Å². The van der Waals surface area contributed by atoms with Gasteiger partial charge < -0.3 is 0 Å². The predicted molar refractivity (Wildman–Crippen MR) is 95.6 cm³/mol. The molecule has 10 aliphatic rings. The first-order valence-corrected chi connectivity index (χ1v) is 16.5. The van der Waals surface area contributed by atoms with Crippen LogP contribution in [0.2, 0.25) is 44.0 Å². The number of rotatable bonds is 3. The van der Waals surface area contributed by atoms with Crippen LogP contribution < -0.4 is 10.6 Å². The van der Waals surface area contributed by atoms with Crippen molar-refractivity contribution in [3.05, 3.63) is 60.7 Å². The molecule has 10 saturated heterocycles. The van der Waals surface area contributed by atoms with Gasteiger partial charge >= 0.3 is 134 Å². The van der Waals surface area contributed by atoms with Gasteiger partial charge in [-0.3, -0.25) is 0 Å². The van der Waals surface area contributed by atoms with Crippen molar-refractivity contribution in [1.29, 1.82) is 0 Å². The van der Waals surface area contributed by atoms with Gasteiger partial charge in [0, 0.05) is 0 Å². The molecule has 0 aliphatic carbocycles. The monoisotopic (exact) mass is 372 g/mol. The fourth-order valence-electron chi connectivity index (χ4n) is 16.5. The molecule has 0 aromatic heterocycles. The van der Waals surface area contributed by atoms with Gasteiger partial charge in [-0.05, 0) is 0 Å². The number of fused-ring (bicyclic) bond motifs is 10. The van der Waals surface area contributed by atoms with E-state index < -0.39 is 6.23 Å². The van der Waals surface area contributed by atoms with E-state index in [0.29, 0.717) is 0 Å². The first-order chi connectivity index (χ1) is 11.6. The molecule has 0 bridgehead atoms. The molecular weight excluding hydrogens is 354 g/mol. The van der Waals surface area contributed by atoms with Gasteiger partial charge in [0.1, 0.15) is 0 Å². The summed E-state index contributed by atoms with van der Waals surface area (Å²) in [5.41, 5.74) is 0. The van der Waals surface area contributed by atoms with Crippen LogP contribution in [0.1, 0.15) is 0 Å². The van der Waals surface area contributed by atoms with Gasteiger partial charge in [0.05, 0.1) is 0 Å². The zero-order valence-corrected chi connectivity index (χ0v) is 15.1. The van der Waals surface area contributed by atoms with Crippen molar-refractivity contribution >= 4 is 18.5 Å². The van der Waals surface area contributed by atoms with Crippen molar-refractivity contribution in [3.8, 4) is 0 Å². The number of benzene rings is 2. The van der Waals surface area contributed by atoms with Crippen molar-refractivity contribution in [2.45, 2.75) is 48.1 Å². The Labute approximate surface area is 133 Å². The predicted octanol–water partition coefficient (Wildman–Crippen LogP) is 5.42. The van der Waals surface area contributed by atoms with Crippen molar-refractivity contribution in [2.24, 2.45) is 0 Å². The Morgan fingerprint density at radius 3 is 1.29 bits per heavy atom. The summed E-state index contributed by atoms with van der Waals surface area (Å²) in [7, 11) is -0.0739. The van der Waals surface area contributed by atoms with Crippen LogP contribution >= 0.6 is 7.92 Å². The SMILES string of the molecule is c1ccc(P(c2ccccc2)[C]23[CH]4[CH]5[CH]6[CH]2[Ni]56432789[CH]3[CH]2[CH]7[CH]8[CH]39)cc1. The second-order valence-corrected chi connectivity index (χ2v) is 35.7. The summed E-state index contributed by atoms with van der Waals surface area (Å²) in [6.45, 7) is 0. The van der Waals surface area contributed by atoms with Crippen molar-refractivity contribution in [3.63, 3.8) is 0 Å². The van der Waals surface area contributed by atoms with E-state index in [1.165, 1.54) is 44.0 Å². The Balaban J connectivity index is 1.31. The van der Waals surface area contributed by atoms with E-state index >= 15 is 0 Å². The van der Waals surface area contributed by atoms with Crippen LogP contribution in [-0.2, 0) is 6.23 Å². The summed E-state index contributed by atoms with van der Waals surface area (Å²) < 4.78 is 0.971. The summed E-state index contributed by atoms with van der Waals surface area (Å²) in [4.78, 5) is 12.8. The van der Waals surface area contributed by atoms with Crippen LogP contribution in [0.3, 0.4) is 0 Å². The molecule has 0 nitrogen and oxygen atoms in total. The van der Waals surface area contributed by atoms with E-state index in [1.807, 2.05) is 0 Å². The Morgan fingerprint density at radius 1 is 0.583 bits per heavy atom. The van der Waals surface area contributed by atoms with Crippen LogP contribution in [0.15, 0.2) is 60.7 Å². The molecule has 2 aromatic rings. The molecule has 122 valence electrons. The zero-order chi connectivity index (χ0) is 14.8. The zero-order valence-electron chi connectivity index (χ0n) is 13.2. The molecule has 24 heavy (non-hydrogen) atoms. The standard InChI is InChI=1S/C17H14P.C5H5.Ni/c1-3-9-15(10-4-1)18(17-13-7-8-14-17)16-11-5-2-6-12-16;1-2-4-5-3-1;/h1-14H;1-5H;. The van der Waals surface area contributed by atoms with Gasteiger partial charge in [0.25, 0.3) is 0 Å². The van der Waals surface area contributed by atoms with E-state index in [9.17, 15) is 0 Å². The van der Waals surface area contributed by atoms with E-state index in [-0.39, 0.29) is 7.92 Å². The summed E-state index contributed by atoms with van der Waals surface area (Å²) in [5.74, 6) is 0. The third kappa shape index (κ3) is 0.151. The summed E-state index contributed by atoms with van der Waals surface area (Å²) in [6, 6.07) is 23.7. The van der Waals surface area contributed by atoms with Crippen LogP contribution in [0, 0.1) is 0 Å². The summed E-state index contributed by atoms with van der Waals surface area (Å²) in [5, 5.41) is 3.48. The average Bonchev–Trinajstić information content (AvgIpc) is 3.57. The molecule has 2 aromatic carbocycles. The first kappa shape index (κ1) is 9.90. The molecule has 10 fully saturated rings. The van der Waals surface area contributed by atoms with E-state index in [0.717, 1.165) is 4.13 Å².